The first-order valence-electron chi connectivity index (χ1n) is 5.99. The monoisotopic (exact) mass is 305 g/mol. The summed E-state index contributed by atoms with van der Waals surface area (Å²) in [5.74, 6) is 0.922. The van der Waals surface area contributed by atoms with E-state index in [9.17, 15) is 0 Å². The zero-order chi connectivity index (χ0) is 12.8. The van der Waals surface area contributed by atoms with Gasteiger partial charge in [-0.3, -0.25) is 0 Å². The third-order valence-corrected chi connectivity index (χ3v) is 3.02. The van der Waals surface area contributed by atoms with Crippen LogP contribution in [0.1, 0.15) is 12.5 Å². The topological polar surface area (TPSA) is 21.3 Å². The Morgan fingerprint density at radius 3 is 2.72 bits per heavy atom. The molecule has 3 heteroatoms. The Hall–Kier alpha value is -1.48. The maximum Gasteiger partial charge on any atom is 0.119 e. The van der Waals surface area contributed by atoms with Gasteiger partial charge in [-0.25, -0.2) is 0 Å². The van der Waals surface area contributed by atoms with Crippen LogP contribution >= 0.6 is 15.9 Å². The number of anilines is 1. The van der Waals surface area contributed by atoms with Crippen LogP contribution in [0.4, 0.5) is 5.69 Å². The van der Waals surface area contributed by atoms with Crippen molar-refractivity contribution < 1.29 is 4.74 Å². The molecule has 0 heterocycles. The fourth-order valence-corrected chi connectivity index (χ4v) is 2.11. The lowest BCUT2D eigenvalue weighted by molar-refractivity contribution is 0.340. The molecular formula is C15H16BrNO. The van der Waals surface area contributed by atoms with Gasteiger partial charge in [-0.2, -0.15) is 0 Å². The highest BCUT2D eigenvalue weighted by molar-refractivity contribution is 9.10. The van der Waals surface area contributed by atoms with Crippen molar-refractivity contribution in [1.82, 2.24) is 0 Å². The lowest BCUT2D eigenvalue weighted by Gasteiger charge is -2.09. The summed E-state index contributed by atoms with van der Waals surface area (Å²) >= 11 is 3.46. The summed E-state index contributed by atoms with van der Waals surface area (Å²) in [4.78, 5) is 0. The predicted octanol–water partition coefficient (Wildman–Crippen LogP) is 4.46. The third-order valence-electron chi connectivity index (χ3n) is 2.53. The minimum atomic E-state index is 0.697. The van der Waals surface area contributed by atoms with Gasteiger partial charge in [-0.05, 0) is 42.8 Å². The van der Waals surface area contributed by atoms with Crippen LogP contribution in [0.2, 0.25) is 0 Å². The maximum absolute atomic E-state index is 5.48. The van der Waals surface area contributed by atoms with Gasteiger partial charge in [-0.15, -0.1) is 0 Å². The average molecular weight is 306 g/mol. The van der Waals surface area contributed by atoms with Crippen molar-refractivity contribution in [2.45, 2.75) is 13.5 Å². The summed E-state index contributed by atoms with van der Waals surface area (Å²) in [5, 5.41) is 3.39. The Balaban J connectivity index is 1.99. The van der Waals surface area contributed by atoms with E-state index in [1.807, 2.05) is 31.2 Å². The summed E-state index contributed by atoms with van der Waals surface area (Å²) < 4.78 is 6.56. The SMILES string of the molecule is CCOc1cccc(CNc2cccc(Br)c2)c1. The van der Waals surface area contributed by atoms with E-state index < -0.39 is 0 Å². The highest BCUT2D eigenvalue weighted by Crippen LogP contribution is 2.18. The first kappa shape index (κ1) is 13.0. The lowest BCUT2D eigenvalue weighted by atomic mass is 10.2. The van der Waals surface area contributed by atoms with Crippen molar-refractivity contribution >= 4 is 21.6 Å². The van der Waals surface area contributed by atoms with Gasteiger partial charge in [0, 0.05) is 16.7 Å². The Morgan fingerprint density at radius 1 is 1.11 bits per heavy atom. The van der Waals surface area contributed by atoms with Gasteiger partial charge in [0.05, 0.1) is 6.61 Å². The Bertz CT molecular complexity index is 513. The van der Waals surface area contributed by atoms with Crippen LogP contribution in [-0.4, -0.2) is 6.61 Å². The van der Waals surface area contributed by atoms with Gasteiger partial charge < -0.3 is 10.1 Å². The normalized spacial score (nSPS) is 10.1. The third kappa shape index (κ3) is 3.77. The smallest absolute Gasteiger partial charge is 0.119 e. The van der Waals surface area contributed by atoms with Crippen LogP contribution in [0.5, 0.6) is 5.75 Å². The van der Waals surface area contributed by atoms with Gasteiger partial charge in [0.15, 0.2) is 0 Å². The largest absolute Gasteiger partial charge is 0.494 e. The first-order valence-corrected chi connectivity index (χ1v) is 6.78. The fraction of sp³-hybridized carbons (Fsp3) is 0.200. The number of hydrogen-bond donors (Lipinski definition) is 1. The van der Waals surface area contributed by atoms with E-state index in [2.05, 4.69) is 45.5 Å². The molecule has 0 aromatic heterocycles. The molecule has 0 amide bonds. The van der Waals surface area contributed by atoms with E-state index in [-0.39, 0.29) is 0 Å². The molecule has 2 aromatic carbocycles. The van der Waals surface area contributed by atoms with E-state index in [4.69, 9.17) is 4.74 Å². The van der Waals surface area contributed by atoms with Crippen molar-refractivity contribution in [2.24, 2.45) is 0 Å². The predicted molar refractivity (Wildman–Crippen MR) is 79.1 cm³/mol. The zero-order valence-electron chi connectivity index (χ0n) is 10.3. The zero-order valence-corrected chi connectivity index (χ0v) is 11.9. The van der Waals surface area contributed by atoms with Crippen LogP contribution in [-0.2, 0) is 6.54 Å². The molecule has 0 fully saturated rings. The van der Waals surface area contributed by atoms with Crippen LogP contribution in [0.3, 0.4) is 0 Å². The molecule has 0 aliphatic rings. The highest BCUT2D eigenvalue weighted by atomic mass is 79.9. The van der Waals surface area contributed by atoms with Crippen LogP contribution < -0.4 is 10.1 Å². The van der Waals surface area contributed by atoms with Crippen molar-refractivity contribution in [3.63, 3.8) is 0 Å². The summed E-state index contributed by atoms with van der Waals surface area (Å²) in [7, 11) is 0. The molecule has 0 saturated carbocycles. The molecule has 0 aliphatic heterocycles. The fourth-order valence-electron chi connectivity index (χ4n) is 1.71. The molecule has 2 nitrogen and oxygen atoms in total. The molecule has 2 rings (SSSR count). The number of halogens is 1. The Labute approximate surface area is 116 Å². The number of ether oxygens (including phenoxy) is 1. The van der Waals surface area contributed by atoms with E-state index >= 15 is 0 Å². The summed E-state index contributed by atoms with van der Waals surface area (Å²) in [6.45, 7) is 3.48. The molecule has 0 aliphatic carbocycles. The van der Waals surface area contributed by atoms with Gasteiger partial charge in [0.2, 0.25) is 0 Å². The van der Waals surface area contributed by atoms with Crippen LogP contribution in [0.15, 0.2) is 53.0 Å². The van der Waals surface area contributed by atoms with Gasteiger partial charge in [0.25, 0.3) is 0 Å². The van der Waals surface area contributed by atoms with Crippen molar-refractivity contribution in [1.29, 1.82) is 0 Å². The number of hydrogen-bond acceptors (Lipinski definition) is 2. The molecule has 0 saturated heterocycles. The lowest BCUT2D eigenvalue weighted by Crippen LogP contribution is -2.00. The maximum atomic E-state index is 5.48. The summed E-state index contributed by atoms with van der Waals surface area (Å²) in [6.07, 6.45) is 0. The van der Waals surface area contributed by atoms with E-state index in [0.29, 0.717) is 6.61 Å². The van der Waals surface area contributed by atoms with Gasteiger partial charge in [0.1, 0.15) is 5.75 Å². The minimum Gasteiger partial charge on any atom is -0.494 e. The number of rotatable bonds is 5. The quantitative estimate of drug-likeness (QED) is 0.880. The number of benzene rings is 2. The first-order chi connectivity index (χ1) is 8.78. The van der Waals surface area contributed by atoms with Gasteiger partial charge >= 0.3 is 0 Å². The molecule has 0 unspecified atom stereocenters. The summed E-state index contributed by atoms with van der Waals surface area (Å²) in [6, 6.07) is 16.3. The second-order valence-corrected chi connectivity index (χ2v) is 4.86. The second kappa shape index (κ2) is 6.45. The molecule has 94 valence electrons. The minimum absolute atomic E-state index is 0.697. The van der Waals surface area contributed by atoms with E-state index in [0.717, 1.165) is 22.5 Å². The van der Waals surface area contributed by atoms with Crippen LogP contribution in [0, 0.1) is 0 Å². The van der Waals surface area contributed by atoms with Crippen molar-refractivity contribution in [3.8, 4) is 5.75 Å². The average Bonchev–Trinajstić information content (AvgIpc) is 2.37. The second-order valence-electron chi connectivity index (χ2n) is 3.94. The molecule has 2 aromatic rings. The van der Waals surface area contributed by atoms with Crippen LogP contribution in [0.25, 0.3) is 0 Å². The van der Waals surface area contributed by atoms with E-state index in [1.54, 1.807) is 0 Å². The molecule has 0 spiro atoms. The molecule has 0 atom stereocenters. The number of nitrogens with one attached hydrogen (secondary N) is 1. The Morgan fingerprint density at radius 2 is 1.94 bits per heavy atom. The Kier molecular flexibility index (Phi) is 4.65. The standard InChI is InChI=1S/C15H16BrNO/c1-2-18-15-8-3-5-12(9-15)11-17-14-7-4-6-13(16)10-14/h3-10,17H,2,11H2,1H3. The molecule has 1 N–H and O–H groups in total. The highest BCUT2D eigenvalue weighted by Gasteiger charge is 1.97. The van der Waals surface area contributed by atoms with E-state index in [1.165, 1.54) is 5.56 Å². The summed E-state index contributed by atoms with van der Waals surface area (Å²) in [5.41, 5.74) is 2.31. The molecular weight excluding hydrogens is 290 g/mol. The molecule has 18 heavy (non-hydrogen) atoms. The molecule has 0 bridgehead atoms. The van der Waals surface area contributed by atoms with Crippen molar-refractivity contribution in [2.75, 3.05) is 11.9 Å². The van der Waals surface area contributed by atoms with Gasteiger partial charge in [-0.1, -0.05) is 34.1 Å². The van der Waals surface area contributed by atoms with Crippen molar-refractivity contribution in [3.05, 3.63) is 58.6 Å². The molecule has 0 radical (unpaired) electrons.